The summed E-state index contributed by atoms with van der Waals surface area (Å²) in [6.07, 6.45) is 3.71. The molecule has 2 aliphatic rings. The van der Waals surface area contributed by atoms with Gasteiger partial charge in [-0.1, -0.05) is 12.1 Å². The number of rotatable bonds is 6. The number of carbonyl (C=O) groups excluding carboxylic acids is 1. The third kappa shape index (κ3) is 5.50. The first-order chi connectivity index (χ1) is 14.7. The molecule has 2 aromatic rings. The van der Waals surface area contributed by atoms with Gasteiger partial charge in [0.15, 0.2) is 0 Å². The fourth-order valence-corrected chi connectivity index (χ4v) is 3.78. The topological polar surface area (TPSA) is 74.0 Å². The highest BCUT2D eigenvalue weighted by Gasteiger charge is 2.39. The fraction of sp³-hybridized carbons (Fsp3) is 0.480. The van der Waals surface area contributed by atoms with E-state index in [1.807, 2.05) is 69.3 Å². The average molecular weight is 425 g/mol. The summed E-state index contributed by atoms with van der Waals surface area (Å²) in [4.78, 5) is 14.2. The molecule has 166 valence electrons. The minimum Gasteiger partial charge on any atom is -0.491 e. The van der Waals surface area contributed by atoms with Crippen LogP contribution in [0.3, 0.4) is 0 Å². The highest BCUT2D eigenvalue weighted by molar-refractivity contribution is 5.69. The normalized spacial score (nSPS) is 19.7. The van der Waals surface area contributed by atoms with Crippen molar-refractivity contribution in [3.63, 3.8) is 0 Å². The molecule has 1 atom stereocenters. The Morgan fingerprint density at radius 1 is 1.03 bits per heavy atom. The molecule has 0 radical (unpaired) electrons. The minimum absolute atomic E-state index is 0.0293. The summed E-state index contributed by atoms with van der Waals surface area (Å²) < 4.78 is 17.4. The zero-order chi connectivity index (χ0) is 22.1. The van der Waals surface area contributed by atoms with Crippen LogP contribution in [0.15, 0.2) is 48.5 Å². The van der Waals surface area contributed by atoms with Gasteiger partial charge in [0.05, 0.1) is 6.04 Å². The summed E-state index contributed by atoms with van der Waals surface area (Å²) in [5.74, 6) is 2.27. The van der Waals surface area contributed by atoms with E-state index in [4.69, 9.17) is 19.9 Å². The van der Waals surface area contributed by atoms with Crippen LogP contribution in [0.1, 0.15) is 52.0 Å². The predicted molar refractivity (Wildman–Crippen MR) is 120 cm³/mol. The molecule has 2 N–H and O–H groups in total. The van der Waals surface area contributed by atoms with E-state index in [2.05, 4.69) is 0 Å². The second-order valence-corrected chi connectivity index (χ2v) is 9.53. The summed E-state index contributed by atoms with van der Waals surface area (Å²) in [5, 5.41) is 0. The minimum atomic E-state index is -0.495. The van der Waals surface area contributed by atoms with Gasteiger partial charge >= 0.3 is 6.09 Å². The fourth-order valence-electron chi connectivity index (χ4n) is 3.78. The number of ether oxygens (including phenoxy) is 3. The van der Waals surface area contributed by atoms with Gasteiger partial charge in [0.2, 0.25) is 0 Å². The lowest BCUT2D eigenvalue weighted by molar-refractivity contribution is 0.0187. The van der Waals surface area contributed by atoms with Gasteiger partial charge in [0, 0.05) is 12.1 Å². The van der Waals surface area contributed by atoms with Crippen molar-refractivity contribution in [1.82, 2.24) is 4.90 Å². The highest BCUT2D eigenvalue weighted by Crippen LogP contribution is 2.43. The SMILES string of the molecule is CC(C)(C)OC(=O)N1CCCC1COc1ccc(Oc2ccc(C3(N)CC3)cc2)cc1. The number of nitrogens with zero attached hydrogens (tertiary/aromatic N) is 1. The maximum Gasteiger partial charge on any atom is 0.410 e. The van der Waals surface area contributed by atoms with Gasteiger partial charge in [-0.3, -0.25) is 0 Å². The van der Waals surface area contributed by atoms with Gasteiger partial charge in [-0.2, -0.15) is 0 Å². The van der Waals surface area contributed by atoms with Gasteiger partial charge in [-0.25, -0.2) is 4.79 Å². The molecular weight excluding hydrogens is 392 g/mol. The molecule has 0 aromatic heterocycles. The van der Waals surface area contributed by atoms with E-state index in [1.54, 1.807) is 4.90 Å². The molecule has 0 bridgehead atoms. The Morgan fingerprint density at radius 3 is 2.19 bits per heavy atom. The molecule has 1 aliphatic carbocycles. The average Bonchev–Trinajstić information content (AvgIpc) is 3.29. The molecule has 6 heteroatoms. The third-order valence-electron chi connectivity index (χ3n) is 5.72. The summed E-state index contributed by atoms with van der Waals surface area (Å²) in [6, 6.07) is 15.6. The molecule has 2 aromatic carbocycles. The number of amides is 1. The number of hydrogen-bond donors (Lipinski definition) is 1. The standard InChI is InChI=1S/C25H32N2O4/c1-24(2,3)31-23(28)27-16-4-5-19(27)17-29-20-10-12-22(13-11-20)30-21-8-6-18(7-9-21)25(26)14-15-25/h6-13,19H,4-5,14-17,26H2,1-3H3. The first kappa shape index (κ1) is 21.5. The Kier molecular flexibility index (Phi) is 5.84. The molecule has 6 nitrogen and oxygen atoms in total. The summed E-state index contributed by atoms with van der Waals surface area (Å²) in [7, 11) is 0. The number of benzene rings is 2. The van der Waals surface area contributed by atoms with E-state index in [0.717, 1.165) is 48.5 Å². The quantitative estimate of drug-likeness (QED) is 0.689. The Bertz CT molecular complexity index is 899. The van der Waals surface area contributed by atoms with Crippen molar-refractivity contribution in [3.05, 3.63) is 54.1 Å². The van der Waals surface area contributed by atoms with E-state index in [1.165, 1.54) is 0 Å². The first-order valence-corrected chi connectivity index (χ1v) is 11.0. The smallest absolute Gasteiger partial charge is 0.410 e. The molecule has 4 rings (SSSR count). The van der Waals surface area contributed by atoms with E-state index in [-0.39, 0.29) is 17.7 Å². The zero-order valence-electron chi connectivity index (χ0n) is 18.6. The van der Waals surface area contributed by atoms with E-state index in [0.29, 0.717) is 13.2 Å². The molecule has 0 spiro atoms. The maximum atomic E-state index is 12.4. The molecule has 1 heterocycles. The zero-order valence-corrected chi connectivity index (χ0v) is 18.6. The molecule has 1 saturated carbocycles. The van der Waals surface area contributed by atoms with E-state index >= 15 is 0 Å². The molecule has 1 saturated heterocycles. The van der Waals surface area contributed by atoms with Crippen molar-refractivity contribution in [2.75, 3.05) is 13.2 Å². The van der Waals surface area contributed by atoms with Crippen molar-refractivity contribution < 1.29 is 19.0 Å². The van der Waals surface area contributed by atoms with Crippen molar-refractivity contribution in [3.8, 4) is 17.2 Å². The van der Waals surface area contributed by atoms with Crippen molar-refractivity contribution in [2.45, 2.75) is 63.6 Å². The van der Waals surface area contributed by atoms with Crippen molar-refractivity contribution in [1.29, 1.82) is 0 Å². The van der Waals surface area contributed by atoms with Crippen LogP contribution in [0.4, 0.5) is 4.79 Å². The lowest BCUT2D eigenvalue weighted by atomic mass is 10.1. The highest BCUT2D eigenvalue weighted by atomic mass is 16.6. The number of hydrogen-bond acceptors (Lipinski definition) is 5. The van der Waals surface area contributed by atoms with Gasteiger partial charge in [-0.15, -0.1) is 0 Å². The van der Waals surface area contributed by atoms with Gasteiger partial charge in [0.25, 0.3) is 0 Å². The number of carbonyl (C=O) groups is 1. The maximum absolute atomic E-state index is 12.4. The predicted octanol–water partition coefficient (Wildman–Crippen LogP) is 5.21. The summed E-state index contributed by atoms with van der Waals surface area (Å²) in [5.41, 5.74) is 6.77. The van der Waals surface area contributed by atoms with Crippen LogP contribution < -0.4 is 15.2 Å². The van der Waals surface area contributed by atoms with E-state index < -0.39 is 5.60 Å². The molecular formula is C25H32N2O4. The van der Waals surface area contributed by atoms with Crippen molar-refractivity contribution >= 4 is 6.09 Å². The molecule has 1 amide bonds. The molecule has 1 aliphatic heterocycles. The van der Waals surface area contributed by atoms with Crippen LogP contribution in [0, 0.1) is 0 Å². The van der Waals surface area contributed by atoms with Crippen LogP contribution in [-0.2, 0) is 10.3 Å². The molecule has 2 fully saturated rings. The van der Waals surface area contributed by atoms with Crippen LogP contribution in [-0.4, -0.2) is 35.8 Å². The van der Waals surface area contributed by atoms with Crippen LogP contribution in [0.25, 0.3) is 0 Å². The molecule has 1 unspecified atom stereocenters. The Balaban J connectivity index is 1.29. The number of nitrogens with two attached hydrogens (primary N) is 1. The van der Waals surface area contributed by atoms with Crippen LogP contribution in [0.2, 0.25) is 0 Å². The Hall–Kier alpha value is -2.73. The van der Waals surface area contributed by atoms with Crippen LogP contribution in [0.5, 0.6) is 17.2 Å². The second kappa shape index (κ2) is 8.42. The van der Waals surface area contributed by atoms with Gasteiger partial charge in [-0.05, 0) is 88.4 Å². The Morgan fingerprint density at radius 2 is 1.61 bits per heavy atom. The first-order valence-electron chi connectivity index (χ1n) is 11.0. The molecule has 31 heavy (non-hydrogen) atoms. The van der Waals surface area contributed by atoms with E-state index in [9.17, 15) is 4.79 Å². The Labute approximate surface area is 184 Å². The second-order valence-electron chi connectivity index (χ2n) is 9.53. The summed E-state index contributed by atoms with van der Waals surface area (Å²) >= 11 is 0. The van der Waals surface area contributed by atoms with Crippen molar-refractivity contribution in [2.24, 2.45) is 5.73 Å². The number of likely N-dealkylation sites (tertiary alicyclic amines) is 1. The van der Waals surface area contributed by atoms with Gasteiger partial charge < -0.3 is 24.8 Å². The van der Waals surface area contributed by atoms with Gasteiger partial charge in [0.1, 0.15) is 29.5 Å². The third-order valence-corrected chi connectivity index (χ3v) is 5.72. The monoisotopic (exact) mass is 424 g/mol. The summed E-state index contributed by atoms with van der Waals surface area (Å²) in [6.45, 7) is 6.80. The lowest BCUT2D eigenvalue weighted by Crippen LogP contribution is -2.42. The van der Waals surface area contributed by atoms with Crippen LogP contribution >= 0.6 is 0 Å². The lowest BCUT2D eigenvalue weighted by Gasteiger charge is -2.28. The largest absolute Gasteiger partial charge is 0.491 e.